The van der Waals surface area contributed by atoms with Crippen LogP contribution in [-0.2, 0) is 5.41 Å². The van der Waals surface area contributed by atoms with E-state index in [1.54, 1.807) is 12.1 Å². The van der Waals surface area contributed by atoms with Crippen molar-refractivity contribution in [1.82, 2.24) is 4.57 Å². The summed E-state index contributed by atoms with van der Waals surface area (Å²) in [7, 11) is 0. The molecule has 5 heteroatoms. The van der Waals surface area contributed by atoms with E-state index in [1.807, 2.05) is 0 Å². The van der Waals surface area contributed by atoms with E-state index in [1.165, 1.54) is 33.4 Å². The topological polar surface area (TPSA) is 79.5 Å². The normalized spacial score (nSPS) is 13.0. The minimum absolute atomic E-state index is 0.270. The predicted octanol–water partition coefficient (Wildman–Crippen LogP) is 12.2. The third kappa shape index (κ3) is 4.36. The third-order valence-corrected chi connectivity index (χ3v) is 11.8. The lowest BCUT2D eigenvalue weighted by molar-refractivity contribution is 0.752. The van der Waals surface area contributed by atoms with Gasteiger partial charge in [-0.2, -0.15) is 15.8 Å². The highest BCUT2D eigenvalue weighted by Crippen LogP contribution is 2.63. The molecule has 0 amide bonds. The fraction of sp³-hybridized carbons (Fsp3) is 0.0192. The zero-order valence-corrected chi connectivity index (χ0v) is 30.5. The summed E-state index contributed by atoms with van der Waals surface area (Å²) in [6.07, 6.45) is 0. The molecular formula is C52H29N5. The van der Waals surface area contributed by atoms with E-state index in [9.17, 15) is 15.8 Å². The van der Waals surface area contributed by atoms with E-state index in [-0.39, 0.29) is 16.7 Å². The van der Waals surface area contributed by atoms with E-state index in [0.29, 0.717) is 11.1 Å². The number of aromatic nitrogens is 1. The zero-order valence-electron chi connectivity index (χ0n) is 30.5. The Morgan fingerprint density at radius 1 is 0.421 bits per heavy atom. The van der Waals surface area contributed by atoms with Crippen LogP contribution in [-0.4, -0.2) is 4.57 Å². The molecule has 9 aromatic rings. The van der Waals surface area contributed by atoms with E-state index < -0.39 is 5.41 Å². The first kappa shape index (κ1) is 32.3. The Kier molecular flexibility index (Phi) is 6.89. The van der Waals surface area contributed by atoms with E-state index >= 15 is 0 Å². The monoisotopic (exact) mass is 723 g/mol. The smallest absolute Gasteiger partial charge is 0.0999 e. The van der Waals surface area contributed by atoms with Gasteiger partial charge in [-0.05, 0) is 93.5 Å². The average Bonchev–Trinajstić information content (AvgIpc) is 3.77. The zero-order chi connectivity index (χ0) is 38.3. The Hall–Kier alpha value is -8.17. The van der Waals surface area contributed by atoms with Crippen molar-refractivity contribution >= 4 is 38.9 Å². The molecule has 8 aromatic carbocycles. The average molecular weight is 724 g/mol. The number of nitrogens with zero attached hydrogens (tertiary/aromatic N) is 5. The number of anilines is 3. The van der Waals surface area contributed by atoms with Crippen LogP contribution in [0.1, 0.15) is 38.9 Å². The van der Waals surface area contributed by atoms with Gasteiger partial charge in [-0.15, -0.1) is 0 Å². The molecule has 1 aliphatic carbocycles. The van der Waals surface area contributed by atoms with Crippen LogP contribution < -0.4 is 4.90 Å². The van der Waals surface area contributed by atoms with Gasteiger partial charge in [0, 0.05) is 27.7 Å². The fourth-order valence-electron chi connectivity index (χ4n) is 9.73. The largest absolute Gasteiger partial charge is 0.310 e. The quantitative estimate of drug-likeness (QED) is 0.182. The Morgan fingerprint density at radius 2 is 0.877 bits per heavy atom. The Morgan fingerprint density at radius 3 is 1.40 bits per heavy atom. The minimum Gasteiger partial charge on any atom is -0.310 e. The highest BCUT2D eigenvalue weighted by atomic mass is 15.2. The van der Waals surface area contributed by atoms with Crippen molar-refractivity contribution in [3.63, 3.8) is 0 Å². The maximum Gasteiger partial charge on any atom is 0.0999 e. The summed E-state index contributed by atoms with van der Waals surface area (Å²) in [6, 6.07) is 68.0. The van der Waals surface area contributed by atoms with Gasteiger partial charge >= 0.3 is 0 Å². The maximum absolute atomic E-state index is 10.5. The first-order chi connectivity index (χ1) is 28.1. The maximum atomic E-state index is 10.5. The summed E-state index contributed by atoms with van der Waals surface area (Å²) in [6.45, 7) is 0. The molecule has 0 bridgehead atoms. The number of hydrogen-bond donors (Lipinski definition) is 0. The molecule has 0 radical (unpaired) electrons. The lowest BCUT2D eigenvalue weighted by Gasteiger charge is -2.45. The predicted molar refractivity (Wildman–Crippen MR) is 226 cm³/mol. The molecule has 0 unspecified atom stereocenters. The minimum atomic E-state index is -0.570. The van der Waals surface area contributed by atoms with Gasteiger partial charge in [0.2, 0.25) is 0 Å². The van der Waals surface area contributed by atoms with Crippen LogP contribution in [0.15, 0.2) is 176 Å². The second-order valence-corrected chi connectivity index (χ2v) is 14.6. The fourth-order valence-corrected chi connectivity index (χ4v) is 9.73. The molecule has 57 heavy (non-hydrogen) atoms. The lowest BCUT2D eigenvalue weighted by atomic mass is 9.64. The van der Waals surface area contributed by atoms with Crippen LogP contribution in [0, 0.1) is 34.0 Å². The van der Waals surface area contributed by atoms with Crippen LogP contribution in [0.2, 0.25) is 0 Å². The van der Waals surface area contributed by atoms with Crippen molar-refractivity contribution in [2.24, 2.45) is 0 Å². The first-order valence-electron chi connectivity index (χ1n) is 18.9. The van der Waals surface area contributed by atoms with Gasteiger partial charge in [-0.3, -0.25) is 0 Å². The summed E-state index contributed by atoms with van der Waals surface area (Å²) in [5, 5.41) is 33.2. The van der Waals surface area contributed by atoms with Crippen molar-refractivity contribution < 1.29 is 0 Å². The van der Waals surface area contributed by atoms with Crippen molar-refractivity contribution in [2.75, 3.05) is 4.90 Å². The molecule has 0 saturated carbocycles. The summed E-state index contributed by atoms with van der Waals surface area (Å²) in [5.41, 5.74) is 14.6. The third-order valence-electron chi connectivity index (χ3n) is 11.8. The number of benzene rings is 8. The van der Waals surface area contributed by atoms with Crippen LogP contribution in [0.4, 0.5) is 17.1 Å². The molecular weight excluding hydrogens is 695 g/mol. The molecule has 262 valence electrons. The number of hydrogen-bond acceptors (Lipinski definition) is 4. The van der Waals surface area contributed by atoms with Crippen molar-refractivity contribution in [3.8, 4) is 46.1 Å². The molecule has 0 fully saturated rings. The van der Waals surface area contributed by atoms with Crippen molar-refractivity contribution in [2.45, 2.75) is 5.41 Å². The van der Waals surface area contributed by atoms with Gasteiger partial charge in [0.05, 0.1) is 62.7 Å². The number of para-hydroxylation sites is 4. The van der Waals surface area contributed by atoms with Gasteiger partial charge in [0.25, 0.3) is 0 Å². The van der Waals surface area contributed by atoms with Gasteiger partial charge in [0.15, 0.2) is 0 Å². The summed E-state index contributed by atoms with van der Waals surface area (Å²) in [4.78, 5) is 2.34. The van der Waals surface area contributed by atoms with Crippen LogP contribution in [0.3, 0.4) is 0 Å². The Bertz CT molecular complexity index is 3130. The molecule has 11 rings (SSSR count). The molecule has 1 spiro atoms. The van der Waals surface area contributed by atoms with Crippen LogP contribution in [0.5, 0.6) is 0 Å². The molecule has 0 saturated heterocycles. The molecule has 2 aliphatic rings. The van der Waals surface area contributed by atoms with E-state index in [2.05, 4.69) is 191 Å². The highest BCUT2D eigenvalue weighted by molar-refractivity contribution is 6.09. The highest BCUT2D eigenvalue weighted by Gasteiger charge is 2.51. The molecule has 2 heterocycles. The molecule has 0 N–H and O–H groups in total. The standard InChI is InChI=1S/C52H29N5/c53-30-33-25-35(31-54)51(36(26-33)32-55)34-27-37(56-47-21-9-3-15-41(47)42-16-4-10-22-48(42)56)29-38(28-34)57-49-23-11-7-19-45(49)52(46-20-8-12-24-50(46)57)43-17-5-1-13-39(43)40-14-2-6-18-44(40)52/h1-29H. The van der Waals surface area contributed by atoms with Crippen LogP contribution in [0.25, 0.3) is 49.7 Å². The van der Waals surface area contributed by atoms with Crippen LogP contribution >= 0.6 is 0 Å². The second-order valence-electron chi connectivity index (χ2n) is 14.6. The van der Waals surface area contributed by atoms with E-state index in [4.69, 9.17) is 0 Å². The molecule has 0 atom stereocenters. The van der Waals surface area contributed by atoms with E-state index in [0.717, 1.165) is 44.6 Å². The van der Waals surface area contributed by atoms with Crippen molar-refractivity contribution in [3.05, 3.63) is 215 Å². The summed E-state index contributed by atoms with van der Waals surface area (Å²) in [5.74, 6) is 0. The summed E-state index contributed by atoms with van der Waals surface area (Å²) >= 11 is 0. The Balaban J connectivity index is 1.26. The number of fused-ring (bicyclic) bond motifs is 12. The van der Waals surface area contributed by atoms with Crippen molar-refractivity contribution in [1.29, 1.82) is 15.8 Å². The van der Waals surface area contributed by atoms with Gasteiger partial charge in [0.1, 0.15) is 0 Å². The molecule has 1 aromatic heterocycles. The SMILES string of the molecule is N#Cc1cc(C#N)c(-c2cc(N3c4ccccc4C4(c5ccccc5-c5ccccc54)c4ccccc43)cc(-n3c4ccccc4c4ccccc43)c2)c(C#N)c1. The first-order valence-corrected chi connectivity index (χ1v) is 18.9. The van der Waals surface area contributed by atoms with Gasteiger partial charge in [-0.25, -0.2) is 0 Å². The number of nitriles is 3. The number of rotatable bonds is 3. The second kappa shape index (κ2) is 12.2. The van der Waals surface area contributed by atoms with Gasteiger partial charge in [-0.1, -0.05) is 121 Å². The molecule has 5 nitrogen and oxygen atoms in total. The lowest BCUT2D eigenvalue weighted by Crippen LogP contribution is -2.36. The van der Waals surface area contributed by atoms with Gasteiger partial charge < -0.3 is 9.47 Å². The summed E-state index contributed by atoms with van der Waals surface area (Å²) < 4.78 is 2.27. The molecule has 1 aliphatic heterocycles. The Labute approximate surface area is 329 Å².